The molecule has 0 aliphatic carbocycles. The van der Waals surface area contributed by atoms with E-state index >= 15 is 0 Å². The first-order valence-electron chi connectivity index (χ1n) is 14.4. The highest BCUT2D eigenvalue weighted by Crippen LogP contribution is 2.22. The molecule has 0 aliphatic rings. The molecule has 4 aromatic rings. The van der Waals surface area contributed by atoms with Gasteiger partial charge in [0.15, 0.2) is 5.78 Å². The van der Waals surface area contributed by atoms with Gasteiger partial charge in [0.1, 0.15) is 5.75 Å². The highest BCUT2D eigenvalue weighted by Gasteiger charge is 2.09. The summed E-state index contributed by atoms with van der Waals surface area (Å²) in [4.78, 5) is 24.9. The van der Waals surface area contributed by atoms with Gasteiger partial charge in [0.25, 0.3) is 0 Å². The lowest BCUT2D eigenvalue weighted by molar-refractivity contribution is 0.0486. The lowest BCUT2D eigenvalue weighted by Gasteiger charge is -2.08. The molecule has 0 fully saturated rings. The van der Waals surface area contributed by atoms with E-state index in [0.717, 1.165) is 23.1 Å². The number of carbonyl (C=O) groups excluding carboxylic acids is 2. The van der Waals surface area contributed by atoms with Crippen molar-refractivity contribution in [3.05, 3.63) is 119 Å². The summed E-state index contributed by atoms with van der Waals surface area (Å²) >= 11 is 0. The van der Waals surface area contributed by atoms with Crippen molar-refractivity contribution in [2.45, 2.75) is 39.0 Å². The molecule has 0 amide bonds. The van der Waals surface area contributed by atoms with Crippen LogP contribution in [0.3, 0.4) is 0 Å². The van der Waals surface area contributed by atoms with Gasteiger partial charge in [0, 0.05) is 23.4 Å². The maximum Gasteiger partial charge on any atom is 0.338 e. The molecule has 0 radical (unpaired) electrons. The number of esters is 1. The lowest BCUT2D eigenvalue weighted by Crippen LogP contribution is -2.10. The second-order valence-corrected chi connectivity index (χ2v) is 10.2. The Balaban J connectivity index is 1.20. The molecule has 4 aromatic carbocycles. The third kappa shape index (κ3) is 9.10. The SMILES string of the molecule is CCCCCc1ccc(-c2ccc(C(=O)/C=C/c3ccc(OCCCOC(=O)c4cc(N)cc(N)c4)cc3)cc2)cc1. The first-order chi connectivity index (χ1) is 20.4. The van der Waals surface area contributed by atoms with Gasteiger partial charge < -0.3 is 20.9 Å². The zero-order chi connectivity index (χ0) is 29.7. The molecule has 4 N–H and O–H groups in total. The summed E-state index contributed by atoms with van der Waals surface area (Å²) in [6, 6.07) is 28.5. The first-order valence-corrected chi connectivity index (χ1v) is 14.4. The fourth-order valence-electron chi connectivity index (χ4n) is 4.50. The van der Waals surface area contributed by atoms with Crippen LogP contribution in [0.1, 0.15) is 64.4 Å². The summed E-state index contributed by atoms with van der Waals surface area (Å²) in [5.41, 5.74) is 17.7. The number of hydrogen-bond acceptors (Lipinski definition) is 6. The molecule has 0 aliphatic heterocycles. The van der Waals surface area contributed by atoms with Crippen molar-refractivity contribution in [3.63, 3.8) is 0 Å². The highest BCUT2D eigenvalue weighted by molar-refractivity contribution is 6.07. The fraction of sp³-hybridized carbons (Fsp3) is 0.222. The van der Waals surface area contributed by atoms with Gasteiger partial charge in [-0.15, -0.1) is 0 Å². The van der Waals surface area contributed by atoms with Crippen molar-refractivity contribution < 1.29 is 19.1 Å². The molecular formula is C36H38N2O4. The van der Waals surface area contributed by atoms with E-state index < -0.39 is 5.97 Å². The minimum atomic E-state index is -0.474. The fourth-order valence-corrected chi connectivity index (χ4v) is 4.50. The molecule has 0 bridgehead atoms. The van der Waals surface area contributed by atoms with Gasteiger partial charge in [0.05, 0.1) is 18.8 Å². The first kappa shape index (κ1) is 30.1. The van der Waals surface area contributed by atoms with Crippen molar-refractivity contribution in [1.29, 1.82) is 0 Å². The van der Waals surface area contributed by atoms with Gasteiger partial charge in [0.2, 0.25) is 0 Å². The zero-order valence-corrected chi connectivity index (χ0v) is 24.1. The van der Waals surface area contributed by atoms with E-state index in [1.54, 1.807) is 18.2 Å². The second kappa shape index (κ2) is 15.2. The summed E-state index contributed by atoms with van der Waals surface area (Å²) in [6.07, 6.45) is 8.73. The number of anilines is 2. The zero-order valence-electron chi connectivity index (χ0n) is 24.1. The van der Waals surface area contributed by atoms with Gasteiger partial charge in [-0.25, -0.2) is 4.79 Å². The quantitative estimate of drug-likeness (QED) is 0.0535. The van der Waals surface area contributed by atoms with Crippen LogP contribution >= 0.6 is 0 Å². The number of aryl methyl sites for hydroxylation is 1. The normalized spacial score (nSPS) is 11.0. The van der Waals surface area contributed by atoms with Gasteiger partial charge in [-0.1, -0.05) is 86.5 Å². The number of ether oxygens (including phenoxy) is 2. The largest absolute Gasteiger partial charge is 0.493 e. The van der Waals surface area contributed by atoms with E-state index in [0.29, 0.717) is 41.3 Å². The number of unbranched alkanes of at least 4 members (excludes halogenated alkanes) is 2. The Morgan fingerprint density at radius 2 is 1.36 bits per heavy atom. The monoisotopic (exact) mass is 562 g/mol. The lowest BCUT2D eigenvalue weighted by atomic mass is 9.99. The number of rotatable bonds is 14. The Hall–Kier alpha value is -4.84. The molecule has 6 nitrogen and oxygen atoms in total. The van der Waals surface area contributed by atoms with Gasteiger partial charge >= 0.3 is 5.97 Å². The maximum absolute atomic E-state index is 12.7. The van der Waals surface area contributed by atoms with Crippen LogP contribution in [0, 0.1) is 0 Å². The summed E-state index contributed by atoms with van der Waals surface area (Å²) in [5.74, 6) is 0.167. The van der Waals surface area contributed by atoms with Crippen molar-refractivity contribution in [3.8, 4) is 16.9 Å². The summed E-state index contributed by atoms with van der Waals surface area (Å²) in [6.45, 7) is 2.82. The average molecular weight is 563 g/mol. The number of ketones is 1. The van der Waals surface area contributed by atoms with Gasteiger partial charge in [-0.3, -0.25) is 4.79 Å². The topological polar surface area (TPSA) is 105 Å². The van der Waals surface area contributed by atoms with E-state index in [9.17, 15) is 9.59 Å². The third-order valence-electron chi connectivity index (χ3n) is 6.84. The number of benzene rings is 4. The number of hydrogen-bond donors (Lipinski definition) is 2. The van der Waals surface area contributed by atoms with Crippen LogP contribution in [0.5, 0.6) is 5.75 Å². The number of nitrogen functional groups attached to an aromatic ring is 2. The molecule has 0 heterocycles. The van der Waals surface area contributed by atoms with Crippen molar-refractivity contribution >= 4 is 29.2 Å². The van der Waals surface area contributed by atoms with Crippen molar-refractivity contribution in [2.75, 3.05) is 24.7 Å². The predicted molar refractivity (Wildman–Crippen MR) is 171 cm³/mol. The molecule has 216 valence electrons. The molecule has 0 saturated heterocycles. The standard InChI is InChI=1S/C36H38N2O4/c1-2-3-4-6-26-7-12-28(13-8-26)29-14-16-30(17-15-29)35(39)20-11-27-9-18-34(19-10-27)41-21-5-22-42-36(40)31-23-32(37)25-33(38)24-31/h7-20,23-25H,2-6,21-22,37-38H2,1H3/b20-11+. The van der Waals surface area contributed by atoms with Crippen molar-refractivity contribution in [1.82, 2.24) is 0 Å². The molecular weight excluding hydrogens is 524 g/mol. The van der Waals surface area contributed by atoms with Crippen LogP contribution in [0.15, 0.2) is 97.1 Å². The van der Waals surface area contributed by atoms with E-state index in [1.807, 2.05) is 48.5 Å². The minimum Gasteiger partial charge on any atom is -0.493 e. The molecule has 0 aromatic heterocycles. The molecule has 0 saturated carbocycles. The Morgan fingerprint density at radius 1 is 0.714 bits per heavy atom. The number of nitrogens with two attached hydrogens (primary N) is 2. The van der Waals surface area contributed by atoms with E-state index in [4.69, 9.17) is 20.9 Å². The molecule has 6 heteroatoms. The van der Waals surface area contributed by atoms with E-state index in [1.165, 1.54) is 37.0 Å². The van der Waals surface area contributed by atoms with Gasteiger partial charge in [-0.05, 0) is 71.5 Å². The Kier molecular flexibility index (Phi) is 10.9. The second-order valence-electron chi connectivity index (χ2n) is 10.2. The summed E-state index contributed by atoms with van der Waals surface area (Å²) in [7, 11) is 0. The van der Waals surface area contributed by atoms with Crippen LogP contribution in [-0.2, 0) is 11.2 Å². The molecule has 42 heavy (non-hydrogen) atoms. The Labute approximate surface area is 248 Å². The van der Waals surface area contributed by atoms with Crippen molar-refractivity contribution in [2.24, 2.45) is 0 Å². The average Bonchev–Trinajstić information content (AvgIpc) is 3.00. The molecule has 0 spiro atoms. The molecule has 0 atom stereocenters. The molecule has 0 unspecified atom stereocenters. The predicted octanol–water partition coefficient (Wildman–Crippen LogP) is 7.77. The van der Waals surface area contributed by atoms with Crippen LogP contribution in [0.4, 0.5) is 11.4 Å². The van der Waals surface area contributed by atoms with Crippen LogP contribution in [0.2, 0.25) is 0 Å². The van der Waals surface area contributed by atoms with Crippen LogP contribution in [-0.4, -0.2) is 25.0 Å². The maximum atomic E-state index is 12.7. The van der Waals surface area contributed by atoms with Crippen LogP contribution < -0.4 is 16.2 Å². The summed E-state index contributed by atoms with van der Waals surface area (Å²) in [5, 5.41) is 0. The van der Waals surface area contributed by atoms with E-state index in [2.05, 4.69) is 31.2 Å². The highest BCUT2D eigenvalue weighted by atomic mass is 16.5. The number of carbonyl (C=O) groups is 2. The van der Waals surface area contributed by atoms with Crippen LogP contribution in [0.25, 0.3) is 17.2 Å². The number of allylic oxidation sites excluding steroid dienone is 1. The molecule has 4 rings (SSSR count). The smallest absolute Gasteiger partial charge is 0.338 e. The van der Waals surface area contributed by atoms with Gasteiger partial charge in [-0.2, -0.15) is 0 Å². The van der Waals surface area contributed by atoms with E-state index in [-0.39, 0.29) is 12.4 Å². The third-order valence-corrected chi connectivity index (χ3v) is 6.84. The summed E-state index contributed by atoms with van der Waals surface area (Å²) < 4.78 is 11.0. The Bertz CT molecular complexity index is 1470. The minimum absolute atomic E-state index is 0.0522. The Morgan fingerprint density at radius 3 is 2.00 bits per heavy atom.